The molecule has 0 aliphatic heterocycles. The molecule has 0 bridgehead atoms. The fraction of sp³-hybridized carbons (Fsp3) is 0.475. The first-order chi connectivity index (χ1) is 25.0. The SMILES string of the molecule is COc1ccc(C(SCCCCCCCCCCC(=O)NCNC(=O)COCCOCCOCC(=O)O)(c2ccccc2)c2ccccc2)cc1. The lowest BCUT2D eigenvalue weighted by atomic mass is 9.84. The zero-order chi connectivity index (χ0) is 36.4. The highest BCUT2D eigenvalue weighted by Gasteiger charge is 2.36. The van der Waals surface area contributed by atoms with E-state index in [1.807, 2.05) is 11.8 Å². The van der Waals surface area contributed by atoms with Crippen LogP contribution in [0, 0.1) is 0 Å². The van der Waals surface area contributed by atoms with Crippen LogP contribution in [0.15, 0.2) is 84.9 Å². The van der Waals surface area contributed by atoms with Crippen molar-refractivity contribution in [2.24, 2.45) is 0 Å². The number of methoxy groups -OCH3 is 1. The minimum Gasteiger partial charge on any atom is -0.497 e. The van der Waals surface area contributed by atoms with E-state index >= 15 is 0 Å². The number of thioether (sulfide) groups is 1. The summed E-state index contributed by atoms with van der Waals surface area (Å²) >= 11 is 2.01. The van der Waals surface area contributed by atoms with Gasteiger partial charge < -0.3 is 34.7 Å². The maximum atomic E-state index is 12.1. The maximum absolute atomic E-state index is 12.1. The molecule has 0 saturated carbocycles. The van der Waals surface area contributed by atoms with Gasteiger partial charge in [0.25, 0.3) is 0 Å². The summed E-state index contributed by atoms with van der Waals surface area (Å²) in [4.78, 5) is 34.3. The Labute approximate surface area is 307 Å². The molecule has 0 saturated heterocycles. The Morgan fingerprint density at radius 1 is 0.608 bits per heavy atom. The Morgan fingerprint density at radius 2 is 1.10 bits per heavy atom. The fourth-order valence-corrected chi connectivity index (χ4v) is 7.20. The molecule has 0 radical (unpaired) electrons. The van der Waals surface area contributed by atoms with Gasteiger partial charge >= 0.3 is 5.97 Å². The van der Waals surface area contributed by atoms with Crippen LogP contribution in [0.4, 0.5) is 0 Å². The second-order valence-electron chi connectivity index (χ2n) is 12.1. The smallest absolute Gasteiger partial charge is 0.329 e. The Balaban J connectivity index is 1.24. The first-order valence-corrected chi connectivity index (χ1v) is 18.8. The van der Waals surface area contributed by atoms with Gasteiger partial charge in [-0.15, -0.1) is 11.8 Å². The van der Waals surface area contributed by atoms with Crippen LogP contribution >= 0.6 is 11.8 Å². The number of rotatable bonds is 28. The van der Waals surface area contributed by atoms with E-state index in [-0.39, 0.29) is 62.9 Å². The van der Waals surface area contributed by atoms with Gasteiger partial charge in [-0.25, -0.2) is 4.79 Å². The number of carbonyl (C=O) groups is 3. The molecule has 2 amide bonds. The molecule has 11 heteroatoms. The molecule has 10 nitrogen and oxygen atoms in total. The van der Waals surface area contributed by atoms with E-state index in [2.05, 4.69) is 95.6 Å². The van der Waals surface area contributed by atoms with Crippen molar-refractivity contribution in [3.63, 3.8) is 0 Å². The second kappa shape index (κ2) is 25.1. The van der Waals surface area contributed by atoms with Gasteiger partial charge in [-0.2, -0.15) is 0 Å². The van der Waals surface area contributed by atoms with Crippen molar-refractivity contribution in [2.45, 2.75) is 62.5 Å². The molecule has 278 valence electrons. The summed E-state index contributed by atoms with van der Waals surface area (Å²) in [6, 6.07) is 30.1. The summed E-state index contributed by atoms with van der Waals surface area (Å²) < 4.78 is 20.4. The molecule has 0 aliphatic carbocycles. The molecule has 0 spiro atoms. The van der Waals surface area contributed by atoms with Crippen LogP contribution < -0.4 is 15.4 Å². The second-order valence-corrected chi connectivity index (χ2v) is 13.4. The Hall–Kier alpha value is -3.90. The van der Waals surface area contributed by atoms with E-state index in [4.69, 9.17) is 24.1 Å². The molecule has 51 heavy (non-hydrogen) atoms. The molecule has 0 fully saturated rings. The zero-order valence-corrected chi connectivity index (χ0v) is 30.6. The van der Waals surface area contributed by atoms with Crippen LogP contribution in [-0.4, -0.2) is 82.1 Å². The van der Waals surface area contributed by atoms with Crippen molar-refractivity contribution in [1.82, 2.24) is 10.6 Å². The molecule has 0 unspecified atom stereocenters. The number of carboxylic acids is 1. The molecular weight excluding hydrogens is 669 g/mol. The first-order valence-electron chi connectivity index (χ1n) is 17.8. The minimum absolute atomic E-state index is 0.0641. The summed E-state index contributed by atoms with van der Waals surface area (Å²) in [5.74, 6) is 0.457. The summed E-state index contributed by atoms with van der Waals surface area (Å²) in [7, 11) is 1.70. The molecule has 3 aromatic rings. The minimum atomic E-state index is -1.03. The van der Waals surface area contributed by atoms with Gasteiger partial charge in [-0.3, -0.25) is 9.59 Å². The third-order valence-corrected chi connectivity index (χ3v) is 9.88. The van der Waals surface area contributed by atoms with E-state index in [0.717, 1.165) is 43.6 Å². The fourth-order valence-electron chi connectivity index (χ4n) is 5.64. The van der Waals surface area contributed by atoms with E-state index in [0.29, 0.717) is 6.42 Å². The molecule has 3 rings (SSSR count). The number of hydrogen-bond acceptors (Lipinski definition) is 8. The standard InChI is InChI=1S/C40H54N2O8S/c1-47-36-23-21-35(22-24-36)40(33-16-10-8-11-17-33,34-18-12-9-13-19-34)51-29-15-7-5-3-2-4-6-14-20-37(43)41-32-42-38(44)30-49-27-25-48-26-28-50-31-39(45)46/h8-13,16-19,21-24H,2-7,14-15,20,25-32H2,1H3,(H,41,43)(H,42,44)(H,45,46). The predicted molar refractivity (Wildman–Crippen MR) is 201 cm³/mol. The van der Waals surface area contributed by atoms with Crippen molar-refractivity contribution < 1.29 is 38.4 Å². The summed E-state index contributed by atoms with van der Waals surface area (Å²) in [5.41, 5.74) is 3.79. The summed E-state index contributed by atoms with van der Waals surface area (Å²) in [5, 5.41) is 13.8. The lowest BCUT2D eigenvalue weighted by Crippen LogP contribution is -2.38. The van der Waals surface area contributed by atoms with Gasteiger partial charge in [0.15, 0.2) is 0 Å². The number of nitrogens with one attached hydrogen (secondary N) is 2. The number of hydrogen-bond donors (Lipinski definition) is 3. The number of unbranched alkanes of at least 4 members (excludes halogenated alkanes) is 7. The van der Waals surface area contributed by atoms with Crippen molar-refractivity contribution in [3.8, 4) is 5.75 Å². The van der Waals surface area contributed by atoms with E-state index in [9.17, 15) is 14.4 Å². The third kappa shape index (κ3) is 15.9. The zero-order valence-electron chi connectivity index (χ0n) is 29.8. The van der Waals surface area contributed by atoms with Crippen molar-refractivity contribution in [2.75, 3.05) is 59.2 Å². The van der Waals surface area contributed by atoms with Gasteiger partial charge in [0.05, 0.1) is 45.0 Å². The average molecular weight is 723 g/mol. The van der Waals surface area contributed by atoms with Crippen LogP contribution in [0.5, 0.6) is 5.75 Å². The Bertz CT molecular complexity index is 1350. The van der Waals surface area contributed by atoms with Gasteiger partial charge in [0.2, 0.25) is 11.8 Å². The van der Waals surface area contributed by atoms with Crippen molar-refractivity contribution in [3.05, 3.63) is 102 Å². The number of carboxylic acid groups (broad SMARTS) is 1. The number of benzene rings is 3. The lowest BCUT2D eigenvalue weighted by molar-refractivity contribution is -0.142. The van der Waals surface area contributed by atoms with E-state index < -0.39 is 5.97 Å². The van der Waals surface area contributed by atoms with Crippen molar-refractivity contribution in [1.29, 1.82) is 0 Å². The van der Waals surface area contributed by atoms with Crippen LogP contribution in [-0.2, 0) is 33.3 Å². The quantitative estimate of drug-likeness (QED) is 0.0434. The summed E-state index contributed by atoms with van der Waals surface area (Å²) in [6.45, 7) is 0.455. The van der Waals surface area contributed by atoms with Gasteiger partial charge in [-0.1, -0.05) is 111 Å². The third-order valence-electron chi connectivity index (χ3n) is 8.25. The Kier molecular flexibility index (Phi) is 20.4. The van der Waals surface area contributed by atoms with Crippen LogP contribution in [0.1, 0.15) is 74.5 Å². The number of amides is 2. The highest BCUT2D eigenvalue weighted by Crippen LogP contribution is 2.49. The van der Waals surface area contributed by atoms with Crippen LogP contribution in [0.25, 0.3) is 0 Å². The van der Waals surface area contributed by atoms with E-state index in [1.165, 1.54) is 36.0 Å². The monoisotopic (exact) mass is 722 g/mol. The van der Waals surface area contributed by atoms with Crippen molar-refractivity contribution >= 4 is 29.5 Å². The number of carbonyl (C=O) groups excluding carboxylic acids is 2. The lowest BCUT2D eigenvalue weighted by Gasteiger charge is -2.35. The highest BCUT2D eigenvalue weighted by molar-refractivity contribution is 8.00. The van der Waals surface area contributed by atoms with Crippen LogP contribution in [0.2, 0.25) is 0 Å². The summed E-state index contributed by atoms with van der Waals surface area (Å²) in [6.07, 6.45) is 9.28. The molecule has 0 atom stereocenters. The first kappa shape index (κ1) is 41.5. The normalized spacial score (nSPS) is 11.2. The maximum Gasteiger partial charge on any atom is 0.329 e. The molecule has 0 heterocycles. The molecule has 0 aliphatic rings. The Morgan fingerprint density at radius 3 is 1.67 bits per heavy atom. The number of aliphatic carboxylic acids is 1. The van der Waals surface area contributed by atoms with Gasteiger partial charge in [0.1, 0.15) is 19.0 Å². The molecular formula is C40H54N2O8S. The van der Waals surface area contributed by atoms with Gasteiger partial charge in [-0.05, 0) is 47.4 Å². The number of ether oxygens (including phenoxy) is 4. The predicted octanol–water partition coefficient (Wildman–Crippen LogP) is 6.56. The topological polar surface area (TPSA) is 132 Å². The largest absolute Gasteiger partial charge is 0.497 e. The van der Waals surface area contributed by atoms with Gasteiger partial charge in [0, 0.05) is 6.42 Å². The molecule has 0 aromatic heterocycles. The molecule has 3 aromatic carbocycles. The van der Waals surface area contributed by atoms with E-state index in [1.54, 1.807) is 7.11 Å². The van der Waals surface area contributed by atoms with Crippen LogP contribution in [0.3, 0.4) is 0 Å². The average Bonchev–Trinajstić information content (AvgIpc) is 3.15. The highest BCUT2D eigenvalue weighted by atomic mass is 32.2. The molecule has 3 N–H and O–H groups in total.